The van der Waals surface area contributed by atoms with Gasteiger partial charge in [-0.3, -0.25) is 19.6 Å². The minimum Gasteiger partial charge on any atom is -0.494 e. The maximum atomic E-state index is 12.2. The molecular formula is C32H39BrN10O3S. The van der Waals surface area contributed by atoms with Gasteiger partial charge in [0.15, 0.2) is 0 Å². The third-order valence-electron chi connectivity index (χ3n) is 9.44. The van der Waals surface area contributed by atoms with E-state index in [0.717, 1.165) is 30.6 Å². The molecule has 2 aromatic heterocycles. The molecule has 4 aliphatic rings. The van der Waals surface area contributed by atoms with Crippen molar-refractivity contribution >= 4 is 71.5 Å². The number of nitrogens with zero attached hydrogens (tertiary/aromatic N) is 7. The van der Waals surface area contributed by atoms with E-state index >= 15 is 0 Å². The minimum atomic E-state index is -3.61. The number of sulfonamides is 1. The first-order chi connectivity index (χ1) is 22.6. The topological polar surface area (TPSA) is 141 Å². The van der Waals surface area contributed by atoms with Crippen LogP contribution in [0.4, 0.5) is 34.5 Å². The highest BCUT2D eigenvalue weighted by molar-refractivity contribution is 9.10. The summed E-state index contributed by atoms with van der Waals surface area (Å²) in [4.78, 5) is 25.6. The summed E-state index contributed by atoms with van der Waals surface area (Å²) in [5, 5.41) is 6.57. The summed E-state index contributed by atoms with van der Waals surface area (Å²) in [5.74, 6) is 1.48. The summed E-state index contributed by atoms with van der Waals surface area (Å²) in [6, 6.07) is 9.49. The number of methoxy groups -OCH3 is 1. The molecule has 0 radical (unpaired) electrons. The SMILES string of the molecule is COc1cc(N2C3CC(N4CCN(C)CC4)C[C@@H]2C3)c(C)cc1Nc1ncc(Br)c(Nc2ccc3nccnc3c2NS(C)(=O)=O)n1. The lowest BCUT2D eigenvalue weighted by molar-refractivity contribution is 0.0554. The normalized spacial score (nSPS) is 21.7. The molecule has 4 aromatic rings. The van der Waals surface area contributed by atoms with Gasteiger partial charge in [-0.2, -0.15) is 4.98 Å². The second kappa shape index (κ2) is 12.7. The molecule has 1 aliphatic carbocycles. The van der Waals surface area contributed by atoms with Gasteiger partial charge in [-0.15, -0.1) is 0 Å². The third-order valence-corrected chi connectivity index (χ3v) is 10.6. The van der Waals surface area contributed by atoms with E-state index in [1.54, 1.807) is 31.6 Å². The standard InChI is InChI=1S/C32H39BrN10O3S/c1-19-13-26(28(46-3)17-27(19)43-21-14-20(15-22(43)16-21)42-11-9-41(2)10-12-42)38-32-36-18-23(33)31(39-32)37-25-6-5-24-29(35-8-7-34-24)30(25)40-47(4,44)45/h5-8,13,17-18,20-22,40H,9-12,14-16H2,1-4H3,(H2,36,37,38,39)/t20?,21-,22?/m1/s1. The van der Waals surface area contributed by atoms with Crippen molar-refractivity contribution in [2.24, 2.45) is 0 Å². The molecule has 3 saturated heterocycles. The highest BCUT2D eigenvalue weighted by Gasteiger charge is 2.47. The van der Waals surface area contributed by atoms with Crippen molar-refractivity contribution in [1.82, 2.24) is 29.7 Å². The maximum absolute atomic E-state index is 12.2. The van der Waals surface area contributed by atoms with Gasteiger partial charge in [-0.1, -0.05) is 0 Å². The van der Waals surface area contributed by atoms with Crippen LogP contribution in [0, 0.1) is 6.92 Å². The first-order valence-electron chi connectivity index (χ1n) is 15.7. The number of nitrogens with one attached hydrogen (secondary N) is 3. The van der Waals surface area contributed by atoms with E-state index in [1.807, 2.05) is 0 Å². The molecule has 2 aromatic carbocycles. The van der Waals surface area contributed by atoms with Gasteiger partial charge in [0.25, 0.3) is 0 Å². The average Bonchev–Trinajstić information content (AvgIpc) is 3.04. The number of anilines is 6. The van der Waals surface area contributed by atoms with Crippen LogP contribution in [0.15, 0.2) is 47.3 Å². The summed E-state index contributed by atoms with van der Waals surface area (Å²) in [7, 11) is 0.275. The van der Waals surface area contributed by atoms with E-state index in [4.69, 9.17) is 9.72 Å². The Balaban J connectivity index is 1.11. The van der Waals surface area contributed by atoms with Crippen molar-refractivity contribution in [3.05, 3.63) is 52.9 Å². The van der Waals surface area contributed by atoms with E-state index in [9.17, 15) is 8.42 Å². The fourth-order valence-corrected chi connectivity index (χ4v) is 8.01. The van der Waals surface area contributed by atoms with Gasteiger partial charge in [-0.25, -0.2) is 13.4 Å². The number of fused-ring (bicyclic) bond motifs is 3. The average molecular weight is 724 g/mol. The van der Waals surface area contributed by atoms with E-state index < -0.39 is 10.0 Å². The Bertz CT molecular complexity index is 1910. The van der Waals surface area contributed by atoms with E-state index in [1.165, 1.54) is 44.2 Å². The number of likely N-dealkylation sites (N-methyl/N-ethyl adjacent to an activating group) is 1. The van der Waals surface area contributed by atoms with Crippen molar-refractivity contribution in [3.8, 4) is 5.75 Å². The zero-order chi connectivity index (χ0) is 32.9. The monoisotopic (exact) mass is 722 g/mol. The molecular weight excluding hydrogens is 684 g/mol. The van der Waals surface area contributed by atoms with Crippen LogP contribution in [0.1, 0.15) is 24.8 Å². The highest BCUT2D eigenvalue weighted by atomic mass is 79.9. The fraction of sp³-hybridized carbons (Fsp3) is 0.438. The van der Waals surface area contributed by atoms with E-state index in [-0.39, 0.29) is 5.69 Å². The number of aryl methyl sites for hydroxylation is 1. The van der Waals surface area contributed by atoms with Gasteiger partial charge in [0.05, 0.1) is 40.4 Å². The number of hydrogen-bond acceptors (Lipinski definition) is 12. The summed E-state index contributed by atoms with van der Waals surface area (Å²) in [6.07, 6.45) is 9.46. The number of halogens is 1. The molecule has 3 aliphatic heterocycles. The molecule has 13 nitrogen and oxygen atoms in total. The quantitative estimate of drug-likeness (QED) is 0.220. The van der Waals surface area contributed by atoms with Crippen molar-refractivity contribution in [1.29, 1.82) is 0 Å². The Morgan fingerprint density at radius 1 is 0.936 bits per heavy atom. The molecule has 3 N–H and O–H groups in total. The number of rotatable bonds is 9. The van der Waals surface area contributed by atoms with Crippen molar-refractivity contribution in [2.75, 3.05) is 66.8 Å². The molecule has 0 amide bonds. The number of hydrogen-bond donors (Lipinski definition) is 3. The van der Waals surface area contributed by atoms with Crippen LogP contribution in [0.2, 0.25) is 0 Å². The van der Waals surface area contributed by atoms with Crippen molar-refractivity contribution in [3.63, 3.8) is 0 Å². The second-order valence-electron chi connectivity index (χ2n) is 12.7. The van der Waals surface area contributed by atoms with Crippen molar-refractivity contribution < 1.29 is 13.2 Å². The van der Waals surface area contributed by atoms with Gasteiger partial charge < -0.3 is 25.2 Å². The first kappa shape index (κ1) is 31.8. The predicted octanol–water partition coefficient (Wildman–Crippen LogP) is 4.72. The third kappa shape index (κ3) is 6.53. The van der Waals surface area contributed by atoms with Crippen LogP contribution in [0.5, 0.6) is 5.75 Å². The molecule has 5 heterocycles. The largest absolute Gasteiger partial charge is 0.494 e. The zero-order valence-corrected chi connectivity index (χ0v) is 29.3. The Labute approximate surface area is 283 Å². The molecule has 47 heavy (non-hydrogen) atoms. The van der Waals surface area contributed by atoms with Crippen LogP contribution in [-0.4, -0.2) is 103 Å². The van der Waals surface area contributed by atoms with Gasteiger partial charge in [0.2, 0.25) is 16.0 Å². The molecule has 248 valence electrons. The molecule has 4 fully saturated rings. The smallest absolute Gasteiger partial charge is 0.229 e. The Hall–Kier alpha value is -3.79. The fourth-order valence-electron chi connectivity index (χ4n) is 7.14. The summed E-state index contributed by atoms with van der Waals surface area (Å²) in [5.41, 5.74) is 4.82. The summed E-state index contributed by atoms with van der Waals surface area (Å²) in [6.45, 7) is 6.78. The zero-order valence-electron chi connectivity index (χ0n) is 26.9. The minimum absolute atomic E-state index is 0.275. The first-order valence-corrected chi connectivity index (χ1v) is 18.4. The molecule has 2 unspecified atom stereocenters. The molecule has 15 heteroatoms. The molecule has 1 saturated carbocycles. The second-order valence-corrected chi connectivity index (χ2v) is 15.3. The number of aromatic nitrogens is 4. The van der Waals surface area contributed by atoms with Crippen LogP contribution >= 0.6 is 15.9 Å². The predicted molar refractivity (Wildman–Crippen MR) is 189 cm³/mol. The number of benzene rings is 2. The summed E-state index contributed by atoms with van der Waals surface area (Å²) < 4.78 is 33.5. The lowest BCUT2D eigenvalue weighted by Gasteiger charge is -2.59. The van der Waals surface area contributed by atoms with Gasteiger partial charge in [-0.05, 0) is 72.9 Å². The van der Waals surface area contributed by atoms with Gasteiger partial charge in [0, 0.05) is 74.6 Å². The molecule has 0 spiro atoms. The van der Waals surface area contributed by atoms with Crippen LogP contribution < -0.4 is 25.0 Å². The van der Waals surface area contributed by atoms with Gasteiger partial charge in [0.1, 0.15) is 17.1 Å². The highest BCUT2D eigenvalue weighted by Crippen LogP contribution is 2.47. The lowest BCUT2D eigenvalue weighted by Crippen LogP contribution is -2.66. The Morgan fingerprint density at radius 2 is 1.66 bits per heavy atom. The number of piperazine rings is 1. The maximum Gasteiger partial charge on any atom is 0.229 e. The van der Waals surface area contributed by atoms with E-state index in [0.29, 0.717) is 56.8 Å². The van der Waals surface area contributed by atoms with Crippen LogP contribution in [0.3, 0.4) is 0 Å². The lowest BCUT2D eigenvalue weighted by atomic mass is 9.75. The molecule has 3 atom stereocenters. The molecule has 2 bridgehead atoms. The van der Waals surface area contributed by atoms with Crippen molar-refractivity contribution in [2.45, 2.75) is 44.3 Å². The van der Waals surface area contributed by atoms with Crippen LogP contribution in [-0.2, 0) is 10.0 Å². The molecule has 8 rings (SSSR count). The van der Waals surface area contributed by atoms with Gasteiger partial charge >= 0.3 is 0 Å². The number of ether oxygens (including phenoxy) is 1. The Morgan fingerprint density at radius 3 is 2.38 bits per heavy atom. The van der Waals surface area contributed by atoms with Crippen LogP contribution in [0.25, 0.3) is 11.0 Å². The Kier molecular flexibility index (Phi) is 8.57. The van der Waals surface area contributed by atoms with E-state index in [2.05, 4.69) is 87.0 Å². The summed E-state index contributed by atoms with van der Waals surface area (Å²) >= 11 is 3.53. The number of piperidine rings is 1.